The monoisotopic (exact) mass is 1060 g/mol. The van der Waals surface area contributed by atoms with E-state index in [0.29, 0.717) is 19.3 Å². The predicted octanol–water partition coefficient (Wildman–Crippen LogP) is 16.2. The van der Waals surface area contributed by atoms with Gasteiger partial charge in [-0.05, 0) is 70.6 Å². The van der Waals surface area contributed by atoms with Crippen LogP contribution in [0.4, 0.5) is 0 Å². The quantitative estimate of drug-likeness (QED) is 0.0228. The van der Waals surface area contributed by atoms with E-state index in [2.05, 4.69) is 45.1 Å². The Morgan fingerprint density at radius 1 is 0.427 bits per heavy atom. The molecule has 0 aromatic rings. The lowest BCUT2D eigenvalue weighted by Crippen LogP contribution is -2.61. The second kappa shape index (κ2) is 51.9. The highest BCUT2D eigenvalue weighted by Gasteiger charge is 2.50. The molecule has 6 atom stereocenters. The van der Waals surface area contributed by atoms with Gasteiger partial charge < -0.3 is 39.0 Å². The number of hydrogen-bond acceptors (Lipinski definition) is 11. The van der Waals surface area contributed by atoms with E-state index in [9.17, 15) is 34.5 Å². The van der Waals surface area contributed by atoms with Crippen molar-refractivity contribution in [1.82, 2.24) is 0 Å². The van der Waals surface area contributed by atoms with Crippen molar-refractivity contribution in [2.24, 2.45) is 0 Å². The zero-order valence-electron chi connectivity index (χ0n) is 48.3. The first-order valence-corrected chi connectivity index (χ1v) is 31.3. The first kappa shape index (κ1) is 70.2. The Morgan fingerprint density at radius 3 is 1.13 bits per heavy atom. The molecule has 0 aliphatic carbocycles. The van der Waals surface area contributed by atoms with Crippen LogP contribution in [-0.2, 0) is 42.9 Å². The Morgan fingerprint density at radius 2 is 0.760 bits per heavy atom. The molecule has 0 saturated carbocycles. The molecule has 3 N–H and O–H groups in total. The topological polar surface area (TPSA) is 175 Å². The molecule has 0 spiro atoms. The molecule has 438 valence electrons. The first-order chi connectivity index (χ1) is 36.6. The van der Waals surface area contributed by atoms with E-state index < -0.39 is 67.3 Å². The molecule has 75 heavy (non-hydrogen) atoms. The van der Waals surface area contributed by atoms with Gasteiger partial charge in [-0.2, -0.15) is 0 Å². The van der Waals surface area contributed by atoms with E-state index in [0.717, 1.165) is 70.6 Å². The van der Waals surface area contributed by atoms with Crippen LogP contribution in [0.15, 0.2) is 24.3 Å². The summed E-state index contributed by atoms with van der Waals surface area (Å²) < 4.78 is 28.4. The molecular formula is C63H114O12. The predicted molar refractivity (Wildman–Crippen MR) is 303 cm³/mol. The molecule has 0 bridgehead atoms. The van der Waals surface area contributed by atoms with Gasteiger partial charge in [0.2, 0.25) is 0 Å². The maximum absolute atomic E-state index is 13.1. The van der Waals surface area contributed by atoms with Crippen molar-refractivity contribution < 1.29 is 58.2 Å². The van der Waals surface area contributed by atoms with Crippen LogP contribution in [0.2, 0.25) is 0 Å². The number of ether oxygens (including phenoxy) is 5. The maximum Gasteiger partial charge on any atom is 0.335 e. The number of aliphatic hydroxyl groups is 2. The van der Waals surface area contributed by atoms with Crippen molar-refractivity contribution in [3.05, 3.63) is 24.3 Å². The Balaban J connectivity index is 2.59. The number of rotatable bonds is 54. The normalized spacial score (nSPS) is 18.2. The molecular weight excluding hydrogens is 949 g/mol. The third kappa shape index (κ3) is 41.9. The lowest BCUT2D eigenvalue weighted by Gasteiger charge is -2.40. The highest BCUT2D eigenvalue weighted by molar-refractivity contribution is 5.74. The van der Waals surface area contributed by atoms with Crippen molar-refractivity contribution >= 4 is 23.9 Å². The number of carbonyl (C=O) groups is 4. The highest BCUT2D eigenvalue weighted by Crippen LogP contribution is 2.27. The van der Waals surface area contributed by atoms with Crippen LogP contribution in [0, 0.1) is 0 Å². The molecule has 1 rings (SSSR count). The third-order valence-corrected chi connectivity index (χ3v) is 14.5. The lowest BCUT2D eigenvalue weighted by atomic mass is 9.98. The summed E-state index contributed by atoms with van der Waals surface area (Å²) in [5, 5.41) is 31.5. The van der Waals surface area contributed by atoms with Crippen LogP contribution in [-0.4, -0.2) is 89.2 Å². The number of aliphatic carboxylic acids is 1. The molecule has 1 aliphatic heterocycles. The zero-order valence-corrected chi connectivity index (χ0v) is 48.3. The molecule has 0 aromatic heterocycles. The summed E-state index contributed by atoms with van der Waals surface area (Å²) in [5.41, 5.74) is 0. The minimum atomic E-state index is -1.90. The summed E-state index contributed by atoms with van der Waals surface area (Å²) in [7, 11) is 0. The van der Waals surface area contributed by atoms with Gasteiger partial charge in [-0.3, -0.25) is 14.4 Å². The Bertz CT molecular complexity index is 1400. The molecule has 6 unspecified atom stereocenters. The van der Waals surface area contributed by atoms with Gasteiger partial charge in [0.15, 0.2) is 24.6 Å². The fourth-order valence-corrected chi connectivity index (χ4v) is 9.65. The molecule has 0 radical (unpaired) electrons. The van der Waals surface area contributed by atoms with Gasteiger partial charge in [-0.25, -0.2) is 4.79 Å². The molecule has 1 aliphatic rings. The van der Waals surface area contributed by atoms with Crippen LogP contribution in [0.3, 0.4) is 0 Å². The Hall–Kier alpha value is -2.80. The van der Waals surface area contributed by atoms with Crippen LogP contribution in [0.25, 0.3) is 0 Å². The number of carboxylic acid groups (broad SMARTS) is 1. The molecule has 1 fully saturated rings. The highest BCUT2D eigenvalue weighted by atomic mass is 16.7. The molecule has 0 aromatic carbocycles. The minimum Gasteiger partial charge on any atom is -0.479 e. The van der Waals surface area contributed by atoms with E-state index in [1.54, 1.807) is 0 Å². The second-order valence-electron chi connectivity index (χ2n) is 21.7. The number of unbranched alkanes of at least 4 members (excludes halogenated alkanes) is 36. The van der Waals surface area contributed by atoms with Gasteiger partial charge in [-0.1, -0.05) is 238 Å². The third-order valence-electron chi connectivity index (χ3n) is 14.5. The second-order valence-corrected chi connectivity index (χ2v) is 21.7. The van der Waals surface area contributed by atoms with Crippen molar-refractivity contribution in [1.29, 1.82) is 0 Å². The molecule has 1 saturated heterocycles. The fraction of sp³-hybridized carbons (Fsp3) is 0.873. The lowest BCUT2D eigenvalue weighted by molar-refractivity contribution is -0.301. The summed E-state index contributed by atoms with van der Waals surface area (Å²) in [6.07, 6.45) is 47.3. The summed E-state index contributed by atoms with van der Waals surface area (Å²) in [6, 6.07) is 0. The summed E-state index contributed by atoms with van der Waals surface area (Å²) in [4.78, 5) is 51.1. The SMILES string of the molecule is CCCCCCCC/C=C\CCCCCCCCCCCC(=O)OCC(COC1OC(C(=O)O)C(O)C(O)C1OC(=O)CCCCCCCCC/C=C\CCCCCCCC)OC(=O)CCCCCCCCCCC. The number of allylic oxidation sites excluding steroid dienone is 4. The van der Waals surface area contributed by atoms with Crippen molar-refractivity contribution in [3.63, 3.8) is 0 Å². The number of hydrogen-bond donors (Lipinski definition) is 3. The smallest absolute Gasteiger partial charge is 0.335 e. The average molecular weight is 1060 g/mol. The van der Waals surface area contributed by atoms with Gasteiger partial charge in [0.25, 0.3) is 0 Å². The number of carboxylic acids is 1. The molecule has 12 heteroatoms. The Labute approximate surface area is 458 Å². The maximum atomic E-state index is 13.1. The van der Waals surface area contributed by atoms with E-state index in [1.165, 1.54) is 173 Å². The van der Waals surface area contributed by atoms with Crippen molar-refractivity contribution in [3.8, 4) is 0 Å². The van der Waals surface area contributed by atoms with E-state index in [-0.39, 0.29) is 25.9 Å². The fourth-order valence-electron chi connectivity index (χ4n) is 9.65. The van der Waals surface area contributed by atoms with E-state index in [4.69, 9.17) is 23.7 Å². The minimum absolute atomic E-state index is 0.0600. The van der Waals surface area contributed by atoms with E-state index in [1.807, 2.05) is 0 Å². The van der Waals surface area contributed by atoms with Gasteiger partial charge >= 0.3 is 23.9 Å². The van der Waals surface area contributed by atoms with Crippen molar-refractivity contribution in [2.45, 2.75) is 340 Å². The molecule has 12 nitrogen and oxygen atoms in total. The van der Waals surface area contributed by atoms with Crippen LogP contribution >= 0.6 is 0 Å². The van der Waals surface area contributed by atoms with Crippen LogP contribution in [0.1, 0.15) is 303 Å². The van der Waals surface area contributed by atoms with Crippen molar-refractivity contribution in [2.75, 3.05) is 13.2 Å². The standard InChI is InChI=1S/C63H114O12/c1-4-7-10-13-16-19-21-23-25-27-28-30-31-33-35-38-40-43-46-49-55(64)71-52-54(73-56(65)50-47-44-41-37-18-15-12-9-6-3)53-72-63-61(59(68)58(67)60(75-63)62(69)70)74-57(66)51-48-45-42-39-36-34-32-29-26-24-22-20-17-14-11-8-5-2/h23-26,54,58-61,63,67-68H,4-22,27-53H2,1-3H3,(H,69,70)/b25-23-,26-24-. The largest absolute Gasteiger partial charge is 0.479 e. The average Bonchev–Trinajstić information content (AvgIpc) is 3.39. The van der Waals surface area contributed by atoms with Gasteiger partial charge in [0, 0.05) is 19.3 Å². The first-order valence-electron chi connectivity index (χ1n) is 31.3. The van der Waals surface area contributed by atoms with Crippen LogP contribution in [0.5, 0.6) is 0 Å². The molecule has 1 heterocycles. The molecule has 0 amide bonds. The van der Waals surface area contributed by atoms with E-state index >= 15 is 0 Å². The van der Waals surface area contributed by atoms with Gasteiger partial charge in [0.05, 0.1) is 6.61 Å². The van der Waals surface area contributed by atoms with Crippen LogP contribution < -0.4 is 0 Å². The number of esters is 3. The Kier molecular flexibility index (Phi) is 48.6. The summed E-state index contributed by atoms with van der Waals surface area (Å²) >= 11 is 0. The number of aliphatic hydroxyl groups excluding tert-OH is 2. The number of carbonyl (C=O) groups excluding carboxylic acids is 3. The summed E-state index contributed by atoms with van der Waals surface area (Å²) in [5.74, 6) is -3.10. The summed E-state index contributed by atoms with van der Waals surface area (Å²) in [6.45, 7) is 5.99. The van der Waals surface area contributed by atoms with Gasteiger partial charge in [-0.15, -0.1) is 0 Å². The van der Waals surface area contributed by atoms with Gasteiger partial charge in [0.1, 0.15) is 18.8 Å². The zero-order chi connectivity index (χ0) is 54.7.